The van der Waals surface area contributed by atoms with E-state index in [1.807, 2.05) is 79.9 Å². The van der Waals surface area contributed by atoms with Crippen LogP contribution in [0.4, 0.5) is 11.4 Å². The fraction of sp³-hybridized carbons (Fsp3) is 0.351. The Labute approximate surface area is 280 Å². The maximum absolute atomic E-state index is 14.1. The summed E-state index contributed by atoms with van der Waals surface area (Å²) in [4.78, 5) is 28.4. The van der Waals surface area contributed by atoms with Crippen LogP contribution in [-0.4, -0.2) is 63.3 Å². The van der Waals surface area contributed by atoms with Gasteiger partial charge in [0.2, 0.25) is 5.91 Å². The van der Waals surface area contributed by atoms with E-state index in [2.05, 4.69) is 20.9 Å². The van der Waals surface area contributed by atoms with Crippen LogP contribution in [0.5, 0.6) is 5.75 Å². The molecule has 0 saturated carbocycles. The maximum Gasteiger partial charge on any atom is 0.264 e. The molecule has 6 rings (SSSR count). The van der Waals surface area contributed by atoms with E-state index >= 15 is 0 Å². The minimum atomic E-state index is -1.81. The highest BCUT2D eigenvalue weighted by Gasteiger charge is 2.52. The number of fused-ring (bicyclic) bond motifs is 1. The number of aromatic nitrogens is 3. The fourth-order valence-corrected chi connectivity index (χ4v) is 6.56. The Hall–Kier alpha value is -4.84. The van der Waals surface area contributed by atoms with Gasteiger partial charge in [0.1, 0.15) is 5.75 Å². The van der Waals surface area contributed by atoms with E-state index in [9.17, 15) is 19.8 Å². The number of ether oxygens (including phenoxy) is 1. The molecule has 0 aliphatic carbocycles. The van der Waals surface area contributed by atoms with Gasteiger partial charge >= 0.3 is 0 Å². The van der Waals surface area contributed by atoms with Crippen LogP contribution in [-0.2, 0) is 28.3 Å². The molecule has 0 radical (unpaired) electrons. The number of aliphatic hydroxyl groups is 2. The van der Waals surface area contributed by atoms with Crippen molar-refractivity contribution in [3.8, 4) is 5.75 Å². The SMILES string of the molecule is COc1ccc2c(c1)[C@](O)([C@@H](C)/C=C/CCn1cc(C(CO)c3ccccc3)nn1)C(=O)N2Cc1cccc(NC(=O)[C@H]2CCCN2)c1. The van der Waals surface area contributed by atoms with Crippen molar-refractivity contribution in [2.75, 3.05) is 30.5 Å². The van der Waals surface area contributed by atoms with Gasteiger partial charge in [-0.1, -0.05) is 66.8 Å². The van der Waals surface area contributed by atoms with Gasteiger partial charge in [-0.2, -0.15) is 0 Å². The van der Waals surface area contributed by atoms with Gasteiger partial charge in [-0.05, 0) is 67.3 Å². The number of nitrogens with zero attached hydrogens (tertiary/aromatic N) is 4. The Morgan fingerprint density at radius 3 is 2.75 bits per heavy atom. The van der Waals surface area contributed by atoms with E-state index in [0.717, 1.165) is 30.5 Å². The first-order chi connectivity index (χ1) is 23.3. The molecule has 11 nitrogen and oxygen atoms in total. The van der Waals surface area contributed by atoms with E-state index in [1.54, 1.807) is 34.9 Å². The number of benzene rings is 3. The zero-order valence-electron chi connectivity index (χ0n) is 27.3. The van der Waals surface area contributed by atoms with Crippen molar-refractivity contribution in [3.63, 3.8) is 0 Å². The number of rotatable bonds is 13. The van der Waals surface area contributed by atoms with Gasteiger partial charge in [0, 0.05) is 29.9 Å². The second-order valence-electron chi connectivity index (χ2n) is 12.4. The average molecular weight is 651 g/mol. The van der Waals surface area contributed by atoms with Crippen molar-refractivity contribution in [1.29, 1.82) is 0 Å². The lowest BCUT2D eigenvalue weighted by molar-refractivity contribution is -0.139. The predicted octanol–water partition coefficient (Wildman–Crippen LogP) is 4.12. The van der Waals surface area contributed by atoms with Crippen molar-refractivity contribution < 1.29 is 24.5 Å². The minimum Gasteiger partial charge on any atom is -0.497 e. The molecule has 1 saturated heterocycles. The number of carbonyl (C=O) groups excluding carboxylic acids is 2. The number of nitrogens with one attached hydrogen (secondary N) is 2. The quantitative estimate of drug-likeness (QED) is 0.159. The van der Waals surface area contributed by atoms with Gasteiger partial charge in [0.25, 0.3) is 5.91 Å². The van der Waals surface area contributed by atoms with E-state index in [1.165, 1.54) is 0 Å². The average Bonchev–Trinajstić information content (AvgIpc) is 3.86. The van der Waals surface area contributed by atoms with Crippen LogP contribution in [0, 0.1) is 5.92 Å². The molecule has 4 atom stereocenters. The predicted molar refractivity (Wildman–Crippen MR) is 182 cm³/mol. The van der Waals surface area contributed by atoms with Crippen molar-refractivity contribution in [2.24, 2.45) is 5.92 Å². The van der Waals surface area contributed by atoms with Gasteiger partial charge in [0.05, 0.1) is 43.6 Å². The molecule has 250 valence electrons. The summed E-state index contributed by atoms with van der Waals surface area (Å²) >= 11 is 0. The molecular formula is C37H42N6O5. The summed E-state index contributed by atoms with van der Waals surface area (Å²) in [5, 5.41) is 36.9. The number of amides is 2. The molecule has 4 N–H and O–H groups in total. The molecule has 11 heteroatoms. The highest BCUT2D eigenvalue weighted by molar-refractivity contribution is 6.07. The van der Waals surface area contributed by atoms with E-state index in [-0.39, 0.29) is 31.0 Å². The molecule has 0 spiro atoms. The highest BCUT2D eigenvalue weighted by Crippen LogP contribution is 2.47. The molecule has 4 aromatic rings. The summed E-state index contributed by atoms with van der Waals surface area (Å²) in [6.07, 6.45) is 8.00. The maximum atomic E-state index is 14.1. The monoisotopic (exact) mass is 650 g/mol. The molecule has 3 heterocycles. The molecule has 2 amide bonds. The lowest BCUT2D eigenvalue weighted by Gasteiger charge is -2.28. The van der Waals surface area contributed by atoms with Crippen LogP contribution >= 0.6 is 0 Å². The third kappa shape index (κ3) is 6.75. The zero-order valence-corrected chi connectivity index (χ0v) is 27.3. The van der Waals surface area contributed by atoms with Gasteiger partial charge in [-0.15, -0.1) is 5.10 Å². The van der Waals surface area contributed by atoms with E-state index in [4.69, 9.17) is 4.74 Å². The topological polar surface area (TPSA) is 142 Å². The number of allylic oxidation sites excluding steroid dienone is 1. The molecule has 48 heavy (non-hydrogen) atoms. The standard InChI is InChI=1S/C37H42N6O5/c1-25(10-6-7-19-42-23-33(40-41-42)30(24-44)27-12-4-3-5-13-27)37(47)31-21-29(48-2)16-17-34(31)43(36(37)46)22-26-11-8-14-28(20-26)39-35(45)32-15-9-18-38-32/h3-6,8,10-14,16-17,20-21,23,25,30,32,38,44,47H,7,9,15,18-19,22,24H2,1-2H3,(H,39,45)/b10-6+/t25-,30?,32+,37+/m0/s1. The van der Waals surface area contributed by atoms with Crippen LogP contribution in [0.15, 0.2) is 91.1 Å². The van der Waals surface area contributed by atoms with Gasteiger partial charge in [-0.25, -0.2) is 0 Å². The van der Waals surface area contributed by atoms with Gasteiger partial charge in [-0.3, -0.25) is 14.3 Å². The van der Waals surface area contributed by atoms with Crippen molar-refractivity contribution in [3.05, 3.63) is 114 Å². The van der Waals surface area contributed by atoms with Crippen molar-refractivity contribution >= 4 is 23.2 Å². The first-order valence-electron chi connectivity index (χ1n) is 16.4. The Morgan fingerprint density at radius 2 is 2.00 bits per heavy atom. The molecule has 2 aliphatic heterocycles. The van der Waals surface area contributed by atoms with Crippen LogP contribution < -0.4 is 20.3 Å². The lowest BCUT2D eigenvalue weighted by atomic mass is 9.83. The van der Waals surface area contributed by atoms with Crippen LogP contribution in [0.2, 0.25) is 0 Å². The van der Waals surface area contributed by atoms with Gasteiger partial charge < -0.3 is 30.5 Å². The normalized spacial score (nSPS) is 20.2. The first kappa shape index (κ1) is 33.1. The summed E-state index contributed by atoms with van der Waals surface area (Å²) in [6.45, 7) is 3.34. The molecule has 0 bridgehead atoms. The molecular weight excluding hydrogens is 608 g/mol. The first-order valence-corrected chi connectivity index (χ1v) is 16.4. The number of carbonyl (C=O) groups is 2. The Balaban J connectivity index is 1.15. The smallest absolute Gasteiger partial charge is 0.264 e. The summed E-state index contributed by atoms with van der Waals surface area (Å²) in [5.41, 5.74) is 2.42. The summed E-state index contributed by atoms with van der Waals surface area (Å²) in [6, 6.07) is 22.3. The zero-order chi connectivity index (χ0) is 33.7. The van der Waals surface area contributed by atoms with Crippen LogP contribution in [0.3, 0.4) is 0 Å². The van der Waals surface area contributed by atoms with E-state index in [0.29, 0.717) is 41.3 Å². The number of anilines is 2. The van der Waals surface area contributed by atoms with Crippen LogP contribution in [0.25, 0.3) is 0 Å². The Morgan fingerprint density at radius 1 is 1.17 bits per heavy atom. The minimum absolute atomic E-state index is 0.0693. The second-order valence-corrected chi connectivity index (χ2v) is 12.4. The third-order valence-electron chi connectivity index (χ3n) is 9.29. The number of hydrogen-bond acceptors (Lipinski definition) is 8. The Bertz CT molecular complexity index is 1770. The molecule has 3 aromatic carbocycles. The van der Waals surface area contributed by atoms with Crippen LogP contribution in [0.1, 0.15) is 54.5 Å². The molecule has 2 aliphatic rings. The summed E-state index contributed by atoms with van der Waals surface area (Å²) in [5.74, 6) is -0.770. The molecule has 1 fully saturated rings. The number of aryl methyl sites for hydroxylation is 1. The Kier molecular flexibility index (Phi) is 10.00. The molecule has 1 aromatic heterocycles. The van der Waals surface area contributed by atoms with Gasteiger partial charge in [0.15, 0.2) is 5.60 Å². The number of aliphatic hydroxyl groups excluding tert-OH is 1. The fourth-order valence-electron chi connectivity index (χ4n) is 6.56. The molecule has 1 unspecified atom stereocenters. The second kappa shape index (κ2) is 14.5. The lowest BCUT2D eigenvalue weighted by Crippen LogP contribution is -2.44. The van der Waals surface area contributed by atoms with Crippen molar-refractivity contribution in [2.45, 2.75) is 56.8 Å². The third-order valence-corrected chi connectivity index (χ3v) is 9.29. The highest BCUT2D eigenvalue weighted by atomic mass is 16.5. The summed E-state index contributed by atoms with van der Waals surface area (Å²) < 4.78 is 7.19. The largest absolute Gasteiger partial charge is 0.497 e. The summed E-state index contributed by atoms with van der Waals surface area (Å²) in [7, 11) is 1.55. The van der Waals surface area contributed by atoms with Crippen molar-refractivity contribution in [1.82, 2.24) is 20.3 Å². The number of hydrogen-bond donors (Lipinski definition) is 4. The number of methoxy groups -OCH3 is 1. The van der Waals surface area contributed by atoms with E-state index < -0.39 is 17.4 Å².